The van der Waals surface area contributed by atoms with Crippen molar-refractivity contribution in [3.05, 3.63) is 47.0 Å². The summed E-state index contributed by atoms with van der Waals surface area (Å²) in [5.41, 5.74) is 11.4. The Morgan fingerprint density at radius 2 is 2.35 bits per heavy atom. The maximum Gasteiger partial charge on any atom is 0.0669 e. The number of fused-ring (bicyclic) bond motifs is 1. The molecule has 0 spiro atoms. The smallest absolute Gasteiger partial charge is 0.0669 e. The topological polar surface area (TPSA) is 56.7 Å². The fourth-order valence-electron chi connectivity index (χ4n) is 3.32. The highest BCUT2D eigenvalue weighted by molar-refractivity contribution is 5.32. The van der Waals surface area contributed by atoms with Gasteiger partial charge in [0, 0.05) is 42.7 Å². The zero-order chi connectivity index (χ0) is 14.1. The van der Waals surface area contributed by atoms with Gasteiger partial charge in [0.05, 0.1) is 5.69 Å². The van der Waals surface area contributed by atoms with Crippen molar-refractivity contribution in [1.82, 2.24) is 14.8 Å². The Balaban J connectivity index is 1.97. The second-order valence-electron chi connectivity index (χ2n) is 5.63. The molecule has 0 radical (unpaired) electrons. The van der Waals surface area contributed by atoms with Gasteiger partial charge in [-0.15, -0.1) is 0 Å². The largest absolute Gasteiger partial charge is 0.323 e. The summed E-state index contributed by atoms with van der Waals surface area (Å²) in [6, 6.07) is 4.20. The third kappa shape index (κ3) is 2.24. The van der Waals surface area contributed by atoms with E-state index in [-0.39, 0.29) is 6.04 Å². The van der Waals surface area contributed by atoms with Gasteiger partial charge in [0.2, 0.25) is 0 Å². The molecule has 0 aliphatic heterocycles. The average Bonchev–Trinajstić information content (AvgIpc) is 2.87. The van der Waals surface area contributed by atoms with Crippen LogP contribution in [0, 0.1) is 0 Å². The molecular weight excluding hydrogens is 248 g/mol. The highest BCUT2D eigenvalue weighted by Gasteiger charge is 2.29. The predicted molar refractivity (Wildman–Crippen MR) is 79.4 cm³/mol. The molecule has 0 saturated carbocycles. The quantitative estimate of drug-likeness (QED) is 0.932. The van der Waals surface area contributed by atoms with E-state index in [1.807, 2.05) is 24.0 Å². The molecule has 2 heterocycles. The highest BCUT2D eigenvalue weighted by Crippen LogP contribution is 2.38. The van der Waals surface area contributed by atoms with Gasteiger partial charge in [-0.3, -0.25) is 9.67 Å². The fraction of sp³-hybridized carbons (Fsp3) is 0.500. The fourth-order valence-corrected chi connectivity index (χ4v) is 3.32. The van der Waals surface area contributed by atoms with Crippen molar-refractivity contribution in [2.75, 3.05) is 0 Å². The van der Waals surface area contributed by atoms with Crippen LogP contribution in [0.1, 0.15) is 54.2 Å². The molecule has 0 bridgehead atoms. The summed E-state index contributed by atoms with van der Waals surface area (Å²) in [6.45, 7) is 2.13. The zero-order valence-corrected chi connectivity index (χ0v) is 12.2. The van der Waals surface area contributed by atoms with Gasteiger partial charge in [-0.1, -0.05) is 13.0 Å². The first-order chi connectivity index (χ1) is 9.70. The van der Waals surface area contributed by atoms with E-state index in [0.717, 1.165) is 25.0 Å². The number of rotatable bonds is 3. The highest BCUT2D eigenvalue weighted by atomic mass is 15.3. The van der Waals surface area contributed by atoms with Gasteiger partial charge < -0.3 is 5.73 Å². The Hall–Kier alpha value is -1.68. The Morgan fingerprint density at radius 3 is 3.15 bits per heavy atom. The SMILES string of the molecule is CCc1nn(C)cc1C(N)C1CCCc2cccnc21. The van der Waals surface area contributed by atoms with Crippen LogP contribution in [0.15, 0.2) is 24.5 Å². The molecule has 4 nitrogen and oxygen atoms in total. The summed E-state index contributed by atoms with van der Waals surface area (Å²) in [5, 5.41) is 4.52. The number of pyridine rings is 1. The molecule has 0 saturated heterocycles. The lowest BCUT2D eigenvalue weighted by Gasteiger charge is -2.29. The third-order valence-corrected chi connectivity index (χ3v) is 4.30. The van der Waals surface area contributed by atoms with E-state index in [1.165, 1.54) is 23.2 Å². The summed E-state index contributed by atoms with van der Waals surface area (Å²) in [7, 11) is 1.96. The molecule has 0 aromatic carbocycles. The van der Waals surface area contributed by atoms with Crippen molar-refractivity contribution in [3.8, 4) is 0 Å². The molecular formula is C16H22N4. The Labute approximate surface area is 120 Å². The number of nitrogens with zero attached hydrogens (tertiary/aromatic N) is 3. The summed E-state index contributed by atoms with van der Waals surface area (Å²) in [6.07, 6.45) is 8.31. The molecule has 2 atom stereocenters. The first-order valence-corrected chi connectivity index (χ1v) is 7.42. The van der Waals surface area contributed by atoms with Crippen molar-refractivity contribution < 1.29 is 0 Å². The lowest BCUT2D eigenvalue weighted by Crippen LogP contribution is -2.25. The molecule has 20 heavy (non-hydrogen) atoms. The minimum absolute atomic E-state index is 0.00685. The first-order valence-electron chi connectivity index (χ1n) is 7.42. The second-order valence-corrected chi connectivity index (χ2v) is 5.63. The lowest BCUT2D eigenvalue weighted by molar-refractivity contribution is 0.461. The van der Waals surface area contributed by atoms with Crippen LogP contribution in [-0.2, 0) is 19.9 Å². The average molecular weight is 270 g/mol. The van der Waals surface area contributed by atoms with Crippen molar-refractivity contribution in [3.63, 3.8) is 0 Å². The van der Waals surface area contributed by atoms with Crippen LogP contribution >= 0.6 is 0 Å². The molecule has 106 valence electrons. The summed E-state index contributed by atoms with van der Waals surface area (Å²) < 4.78 is 1.87. The molecule has 0 amide bonds. The van der Waals surface area contributed by atoms with Crippen LogP contribution in [0.4, 0.5) is 0 Å². The Morgan fingerprint density at radius 1 is 1.50 bits per heavy atom. The van der Waals surface area contributed by atoms with Crippen LogP contribution in [0.25, 0.3) is 0 Å². The van der Waals surface area contributed by atoms with Crippen LogP contribution in [0.3, 0.4) is 0 Å². The lowest BCUT2D eigenvalue weighted by atomic mass is 9.80. The molecule has 2 N–H and O–H groups in total. The van der Waals surface area contributed by atoms with Crippen LogP contribution < -0.4 is 5.73 Å². The standard InChI is InChI=1S/C16H22N4/c1-3-14-13(10-20(2)19-14)15(17)12-8-4-6-11-7-5-9-18-16(11)12/h5,7,9-10,12,15H,3-4,6,8,17H2,1-2H3. The van der Waals surface area contributed by atoms with Gasteiger partial charge in [0.15, 0.2) is 0 Å². The number of aromatic nitrogens is 3. The van der Waals surface area contributed by atoms with Crippen molar-refractivity contribution in [1.29, 1.82) is 0 Å². The maximum absolute atomic E-state index is 6.58. The Kier molecular flexibility index (Phi) is 3.57. The van der Waals surface area contributed by atoms with Gasteiger partial charge in [-0.05, 0) is 37.3 Å². The van der Waals surface area contributed by atoms with Crippen LogP contribution in [-0.4, -0.2) is 14.8 Å². The van der Waals surface area contributed by atoms with Crippen molar-refractivity contribution in [2.24, 2.45) is 12.8 Å². The van der Waals surface area contributed by atoms with Crippen LogP contribution in [0.2, 0.25) is 0 Å². The molecule has 2 aromatic heterocycles. The minimum Gasteiger partial charge on any atom is -0.323 e. The molecule has 4 heteroatoms. The zero-order valence-electron chi connectivity index (χ0n) is 12.2. The molecule has 1 aliphatic rings. The molecule has 3 rings (SSSR count). The van der Waals surface area contributed by atoms with E-state index in [9.17, 15) is 0 Å². The van der Waals surface area contributed by atoms with E-state index in [0.29, 0.717) is 5.92 Å². The molecule has 2 unspecified atom stereocenters. The van der Waals surface area contributed by atoms with E-state index in [1.54, 1.807) is 0 Å². The van der Waals surface area contributed by atoms with Crippen molar-refractivity contribution >= 4 is 0 Å². The van der Waals surface area contributed by atoms with E-state index >= 15 is 0 Å². The Bertz CT molecular complexity index is 602. The second kappa shape index (κ2) is 5.37. The normalized spacial score (nSPS) is 19.6. The van der Waals surface area contributed by atoms with Gasteiger partial charge in [-0.2, -0.15) is 5.10 Å². The molecule has 0 fully saturated rings. The number of aryl methyl sites for hydroxylation is 3. The van der Waals surface area contributed by atoms with Gasteiger partial charge in [0.1, 0.15) is 0 Å². The predicted octanol–water partition coefficient (Wildman–Crippen LogP) is 2.50. The monoisotopic (exact) mass is 270 g/mol. The van der Waals surface area contributed by atoms with Gasteiger partial charge >= 0.3 is 0 Å². The van der Waals surface area contributed by atoms with Gasteiger partial charge in [-0.25, -0.2) is 0 Å². The molecule has 1 aliphatic carbocycles. The number of nitrogens with two attached hydrogens (primary N) is 1. The van der Waals surface area contributed by atoms with Crippen molar-refractivity contribution in [2.45, 2.75) is 44.6 Å². The van der Waals surface area contributed by atoms with Crippen LogP contribution in [0.5, 0.6) is 0 Å². The molecule has 2 aromatic rings. The number of hydrogen-bond acceptors (Lipinski definition) is 3. The first kappa shape index (κ1) is 13.3. The maximum atomic E-state index is 6.58. The number of hydrogen-bond donors (Lipinski definition) is 1. The third-order valence-electron chi connectivity index (χ3n) is 4.30. The summed E-state index contributed by atoms with van der Waals surface area (Å²) >= 11 is 0. The van der Waals surface area contributed by atoms with E-state index < -0.39 is 0 Å². The summed E-state index contributed by atoms with van der Waals surface area (Å²) in [4.78, 5) is 4.60. The van der Waals surface area contributed by atoms with E-state index in [4.69, 9.17) is 5.73 Å². The minimum atomic E-state index is -0.00685. The van der Waals surface area contributed by atoms with Gasteiger partial charge in [0.25, 0.3) is 0 Å². The summed E-state index contributed by atoms with van der Waals surface area (Å²) in [5.74, 6) is 0.314. The van der Waals surface area contributed by atoms with E-state index in [2.05, 4.69) is 29.3 Å².